The number of furan rings is 1. The first kappa shape index (κ1) is 11.9. The lowest BCUT2D eigenvalue weighted by atomic mass is 9.99. The molecule has 3 rings (SSSR count). The zero-order chi connectivity index (χ0) is 13.2. The van der Waals surface area contributed by atoms with Crippen molar-refractivity contribution in [2.24, 2.45) is 0 Å². The summed E-state index contributed by atoms with van der Waals surface area (Å²) < 4.78 is 18.5. The number of hydrogen-bond acceptors (Lipinski definition) is 3. The molecule has 0 atom stereocenters. The van der Waals surface area contributed by atoms with Gasteiger partial charge in [0.1, 0.15) is 17.6 Å². The number of nitriles is 1. The van der Waals surface area contributed by atoms with Crippen molar-refractivity contribution in [1.29, 1.82) is 5.26 Å². The van der Waals surface area contributed by atoms with E-state index in [9.17, 15) is 4.39 Å². The maximum Gasteiger partial charge on any atom is 0.203 e. The van der Waals surface area contributed by atoms with Crippen molar-refractivity contribution in [3.63, 3.8) is 0 Å². The highest BCUT2D eigenvalue weighted by Crippen LogP contribution is 2.21. The fraction of sp³-hybridized carbons (Fsp3) is 0.267. The van der Waals surface area contributed by atoms with Gasteiger partial charge < -0.3 is 4.42 Å². The number of fused-ring (bicyclic) bond motifs is 1. The summed E-state index contributed by atoms with van der Waals surface area (Å²) in [5.74, 6) is 0.966. The summed E-state index contributed by atoms with van der Waals surface area (Å²) in [5, 5.41) is 8.72. The van der Waals surface area contributed by atoms with E-state index >= 15 is 0 Å². The Morgan fingerprint density at radius 2 is 2.16 bits per heavy atom. The van der Waals surface area contributed by atoms with Gasteiger partial charge in [-0.15, -0.1) is 0 Å². The van der Waals surface area contributed by atoms with Crippen LogP contribution in [0.25, 0.3) is 0 Å². The molecule has 1 aromatic carbocycles. The summed E-state index contributed by atoms with van der Waals surface area (Å²) in [6.07, 6.45) is 0.846. The summed E-state index contributed by atoms with van der Waals surface area (Å²) in [5.41, 5.74) is 2.26. The highest BCUT2D eigenvalue weighted by Gasteiger charge is 2.17. The third-order valence-corrected chi connectivity index (χ3v) is 3.41. The Morgan fingerprint density at radius 3 is 2.95 bits per heavy atom. The first-order valence-corrected chi connectivity index (χ1v) is 6.23. The van der Waals surface area contributed by atoms with Crippen LogP contribution < -0.4 is 0 Å². The van der Waals surface area contributed by atoms with Gasteiger partial charge in [0.25, 0.3) is 0 Å². The molecule has 3 nitrogen and oxygen atoms in total. The van der Waals surface area contributed by atoms with Crippen molar-refractivity contribution in [1.82, 2.24) is 4.90 Å². The highest BCUT2D eigenvalue weighted by molar-refractivity contribution is 5.30. The molecule has 0 unspecified atom stereocenters. The fourth-order valence-electron chi connectivity index (χ4n) is 2.46. The van der Waals surface area contributed by atoms with Crippen LogP contribution in [0.1, 0.15) is 22.6 Å². The van der Waals surface area contributed by atoms with Crippen LogP contribution in [0, 0.1) is 17.1 Å². The van der Waals surface area contributed by atoms with Crippen LogP contribution in [-0.4, -0.2) is 11.4 Å². The summed E-state index contributed by atoms with van der Waals surface area (Å²) in [6.45, 7) is 2.34. The molecule has 1 aliphatic heterocycles. The van der Waals surface area contributed by atoms with Crippen LogP contribution in [0.15, 0.2) is 34.7 Å². The first-order chi connectivity index (χ1) is 9.24. The minimum Gasteiger partial charge on any atom is -0.449 e. The molecular weight excluding hydrogens is 243 g/mol. The van der Waals surface area contributed by atoms with E-state index in [0.717, 1.165) is 30.8 Å². The van der Waals surface area contributed by atoms with Gasteiger partial charge in [-0.25, -0.2) is 4.39 Å². The monoisotopic (exact) mass is 256 g/mol. The lowest BCUT2D eigenvalue weighted by Crippen LogP contribution is -2.29. The third-order valence-electron chi connectivity index (χ3n) is 3.41. The molecular formula is C15H13FN2O. The second kappa shape index (κ2) is 4.87. The molecule has 0 fully saturated rings. The molecule has 0 radical (unpaired) electrons. The molecule has 0 N–H and O–H groups in total. The lowest BCUT2D eigenvalue weighted by Gasteiger charge is -2.27. The third kappa shape index (κ3) is 2.51. The number of nitrogens with zero attached hydrogens (tertiary/aromatic N) is 2. The number of benzene rings is 1. The van der Waals surface area contributed by atoms with Gasteiger partial charge in [0.15, 0.2) is 0 Å². The Hall–Kier alpha value is -2.12. The van der Waals surface area contributed by atoms with Crippen molar-refractivity contribution in [2.75, 3.05) is 6.54 Å². The zero-order valence-corrected chi connectivity index (χ0v) is 10.4. The van der Waals surface area contributed by atoms with Crippen molar-refractivity contribution in [2.45, 2.75) is 19.5 Å². The van der Waals surface area contributed by atoms with Gasteiger partial charge in [0.2, 0.25) is 5.76 Å². The molecule has 1 aliphatic rings. The average molecular weight is 256 g/mol. The molecule has 2 aromatic rings. The molecule has 19 heavy (non-hydrogen) atoms. The Bertz CT molecular complexity index is 642. The van der Waals surface area contributed by atoms with Crippen molar-refractivity contribution in [3.05, 3.63) is 58.8 Å². The summed E-state index contributed by atoms with van der Waals surface area (Å²) >= 11 is 0. The minimum atomic E-state index is -0.170. The molecule has 2 heterocycles. The maximum atomic E-state index is 13.1. The van der Waals surface area contributed by atoms with Crippen molar-refractivity contribution < 1.29 is 8.81 Å². The van der Waals surface area contributed by atoms with Gasteiger partial charge in [0.05, 0.1) is 6.54 Å². The number of halogens is 1. The van der Waals surface area contributed by atoms with Crippen LogP contribution in [0.2, 0.25) is 0 Å². The van der Waals surface area contributed by atoms with Crippen LogP contribution in [0.5, 0.6) is 0 Å². The van der Waals surface area contributed by atoms with E-state index < -0.39 is 0 Å². The van der Waals surface area contributed by atoms with Gasteiger partial charge >= 0.3 is 0 Å². The Labute approximate surface area is 110 Å². The standard InChI is InChI=1S/C15H13FN2O/c16-13-2-1-12-9-18(6-5-11(12)7-13)10-15-4-3-14(8-17)19-15/h1-4,7H,5-6,9-10H2. The number of hydrogen-bond donors (Lipinski definition) is 0. The van der Waals surface area contributed by atoms with Crippen LogP contribution in [0.3, 0.4) is 0 Å². The van der Waals surface area contributed by atoms with E-state index in [-0.39, 0.29) is 5.82 Å². The summed E-state index contributed by atoms with van der Waals surface area (Å²) in [7, 11) is 0. The van der Waals surface area contributed by atoms with Crippen molar-refractivity contribution >= 4 is 0 Å². The minimum absolute atomic E-state index is 0.170. The Kier molecular flexibility index (Phi) is 3.06. The second-order valence-electron chi connectivity index (χ2n) is 4.75. The predicted octanol–water partition coefficient (Wildman–Crippen LogP) is 2.85. The van der Waals surface area contributed by atoms with E-state index in [0.29, 0.717) is 12.3 Å². The maximum absolute atomic E-state index is 13.1. The van der Waals surface area contributed by atoms with E-state index in [1.807, 2.05) is 18.2 Å². The molecule has 0 spiro atoms. The summed E-state index contributed by atoms with van der Waals surface area (Å²) in [4.78, 5) is 2.24. The predicted molar refractivity (Wildman–Crippen MR) is 67.6 cm³/mol. The lowest BCUT2D eigenvalue weighted by molar-refractivity contribution is 0.225. The summed E-state index contributed by atoms with van der Waals surface area (Å²) in [6, 6.07) is 10.5. The van der Waals surface area contributed by atoms with Crippen LogP contribution >= 0.6 is 0 Å². The van der Waals surface area contributed by atoms with Gasteiger partial charge in [-0.05, 0) is 41.8 Å². The average Bonchev–Trinajstić information content (AvgIpc) is 2.86. The zero-order valence-electron chi connectivity index (χ0n) is 10.4. The van der Waals surface area contributed by atoms with E-state index in [1.165, 1.54) is 11.6 Å². The smallest absolute Gasteiger partial charge is 0.203 e. The molecule has 1 aromatic heterocycles. The largest absolute Gasteiger partial charge is 0.449 e. The molecule has 0 saturated heterocycles. The Morgan fingerprint density at radius 1 is 1.26 bits per heavy atom. The topological polar surface area (TPSA) is 40.2 Å². The van der Waals surface area contributed by atoms with E-state index in [2.05, 4.69) is 4.90 Å². The van der Waals surface area contributed by atoms with Gasteiger partial charge in [-0.1, -0.05) is 6.07 Å². The molecule has 0 bridgehead atoms. The Balaban J connectivity index is 1.72. The number of rotatable bonds is 2. The highest BCUT2D eigenvalue weighted by atomic mass is 19.1. The van der Waals surface area contributed by atoms with Gasteiger partial charge in [0, 0.05) is 13.1 Å². The van der Waals surface area contributed by atoms with Crippen molar-refractivity contribution in [3.8, 4) is 6.07 Å². The molecule has 0 amide bonds. The van der Waals surface area contributed by atoms with Crippen LogP contribution in [0.4, 0.5) is 4.39 Å². The normalized spacial score (nSPS) is 14.9. The molecule has 4 heteroatoms. The SMILES string of the molecule is N#Cc1ccc(CN2CCc3cc(F)ccc3C2)o1. The van der Waals surface area contributed by atoms with E-state index in [1.54, 1.807) is 12.1 Å². The second-order valence-corrected chi connectivity index (χ2v) is 4.75. The molecule has 0 aliphatic carbocycles. The van der Waals surface area contributed by atoms with E-state index in [4.69, 9.17) is 9.68 Å². The fourth-order valence-corrected chi connectivity index (χ4v) is 2.46. The molecule has 0 saturated carbocycles. The molecule has 96 valence electrons. The van der Waals surface area contributed by atoms with Gasteiger partial charge in [-0.3, -0.25) is 4.90 Å². The quantitative estimate of drug-likeness (QED) is 0.829. The van der Waals surface area contributed by atoms with Gasteiger partial charge in [-0.2, -0.15) is 5.26 Å². The van der Waals surface area contributed by atoms with Crippen LogP contribution in [-0.2, 0) is 19.5 Å². The first-order valence-electron chi connectivity index (χ1n) is 6.23.